The fraction of sp³-hybridized carbons (Fsp3) is 0.333. The van der Waals surface area contributed by atoms with Crippen LogP contribution >= 0.6 is 11.6 Å². The smallest absolute Gasteiger partial charge is 0.264 e. The Balaban J connectivity index is 2.10. The summed E-state index contributed by atoms with van der Waals surface area (Å²) >= 11 is 6.43. The SMILES string of the molecule is CCc1ccccc1N(CC(=O)N(Cc1ccccc1Cl)[C@@H](CC)C(=O)NC(C)C)S(=O)(=O)c1ccccc1. The molecule has 0 radical (unpaired) electrons. The molecule has 0 spiro atoms. The fourth-order valence-corrected chi connectivity index (χ4v) is 6.06. The maximum atomic E-state index is 14.1. The lowest BCUT2D eigenvalue weighted by Crippen LogP contribution is -2.53. The van der Waals surface area contributed by atoms with Gasteiger partial charge in [0.05, 0.1) is 10.6 Å². The first-order valence-corrected chi connectivity index (χ1v) is 14.9. The summed E-state index contributed by atoms with van der Waals surface area (Å²) in [7, 11) is -4.11. The summed E-state index contributed by atoms with van der Waals surface area (Å²) < 4.78 is 29.0. The first-order chi connectivity index (χ1) is 18.6. The number of aryl methyl sites for hydroxylation is 1. The minimum absolute atomic E-state index is 0.0528. The van der Waals surface area contributed by atoms with Crippen LogP contribution in [0.2, 0.25) is 5.02 Å². The molecule has 39 heavy (non-hydrogen) atoms. The van der Waals surface area contributed by atoms with Crippen LogP contribution in [-0.4, -0.2) is 43.8 Å². The molecule has 0 unspecified atom stereocenters. The average Bonchev–Trinajstić information content (AvgIpc) is 2.92. The molecule has 1 N–H and O–H groups in total. The number of hydrogen-bond acceptors (Lipinski definition) is 4. The number of carbonyl (C=O) groups is 2. The Morgan fingerprint density at radius 2 is 1.46 bits per heavy atom. The molecular weight excluding hydrogens is 534 g/mol. The maximum absolute atomic E-state index is 14.1. The zero-order valence-corrected chi connectivity index (χ0v) is 24.4. The highest BCUT2D eigenvalue weighted by Gasteiger charge is 2.34. The Kier molecular flexibility index (Phi) is 10.5. The van der Waals surface area contributed by atoms with Crippen LogP contribution < -0.4 is 9.62 Å². The second-order valence-electron chi connectivity index (χ2n) is 9.51. The number of rotatable bonds is 12. The summed E-state index contributed by atoms with van der Waals surface area (Å²) in [6, 6.07) is 21.3. The first kappa shape index (κ1) is 30.2. The molecule has 0 aromatic heterocycles. The summed E-state index contributed by atoms with van der Waals surface area (Å²) in [5.74, 6) is -0.814. The van der Waals surface area contributed by atoms with E-state index in [1.165, 1.54) is 17.0 Å². The van der Waals surface area contributed by atoms with Gasteiger partial charge < -0.3 is 10.2 Å². The Morgan fingerprint density at radius 3 is 2.05 bits per heavy atom. The Hall–Kier alpha value is -3.36. The molecule has 0 aliphatic carbocycles. The van der Waals surface area contributed by atoms with Gasteiger partial charge in [0.25, 0.3) is 10.0 Å². The van der Waals surface area contributed by atoms with Gasteiger partial charge in [-0.05, 0) is 62.1 Å². The van der Waals surface area contributed by atoms with Crippen molar-refractivity contribution in [3.63, 3.8) is 0 Å². The normalized spacial score (nSPS) is 12.2. The highest BCUT2D eigenvalue weighted by atomic mass is 35.5. The van der Waals surface area contributed by atoms with E-state index in [0.717, 1.165) is 9.87 Å². The van der Waals surface area contributed by atoms with E-state index >= 15 is 0 Å². The van der Waals surface area contributed by atoms with Gasteiger partial charge in [-0.1, -0.05) is 80.0 Å². The van der Waals surface area contributed by atoms with Crippen molar-refractivity contribution >= 4 is 39.1 Å². The summed E-state index contributed by atoms with van der Waals surface area (Å²) in [6.45, 7) is 7.02. The number of para-hydroxylation sites is 1. The largest absolute Gasteiger partial charge is 0.352 e. The van der Waals surface area contributed by atoms with Crippen molar-refractivity contribution in [2.45, 2.75) is 64.1 Å². The van der Waals surface area contributed by atoms with Crippen LogP contribution in [0.25, 0.3) is 0 Å². The molecule has 0 saturated carbocycles. The standard InChI is InChI=1S/C30H36ClN3O4S/c1-5-23-14-11-13-19-28(23)34(39(37,38)25-16-8-7-9-17-25)21-29(35)33(20-24-15-10-12-18-26(24)31)27(6-2)30(36)32-22(3)4/h7-19,22,27H,5-6,20-21H2,1-4H3,(H,32,36)/t27-/m0/s1. The van der Waals surface area contributed by atoms with Gasteiger partial charge in [0, 0.05) is 17.6 Å². The molecule has 0 aliphatic heterocycles. The topological polar surface area (TPSA) is 86.8 Å². The number of anilines is 1. The number of carbonyl (C=O) groups excluding carboxylic acids is 2. The predicted molar refractivity (Wildman–Crippen MR) is 156 cm³/mol. The van der Waals surface area contributed by atoms with Crippen molar-refractivity contribution in [1.82, 2.24) is 10.2 Å². The molecule has 2 amide bonds. The quantitative estimate of drug-likeness (QED) is 0.315. The van der Waals surface area contributed by atoms with Crippen LogP contribution in [0, 0.1) is 0 Å². The molecule has 9 heteroatoms. The van der Waals surface area contributed by atoms with Crippen LogP contribution in [-0.2, 0) is 32.6 Å². The van der Waals surface area contributed by atoms with E-state index in [-0.39, 0.29) is 23.4 Å². The van der Waals surface area contributed by atoms with Gasteiger partial charge in [-0.25, -0.2) is 8.42 Å². The van der Waals surface area contributed by atoms with Crippen LogP contribution in [0.4, 0.5) is 5.69 Å². The molecule has 0 aliphatic rings. The van der Waals surface area contributed by atoms with Crippen molar-refractivity contribution in [3.8, 4) is 0 Å². The molecule has 208 valence electrons. The molecule has 0 fully saturated rings. The van der Waals surface area contributed by atoms with Crippen LogP contribution in [0.5, 0.6) is 0 Å². The molecule has 3 rings (SSSR count). The van der Waals surface area contributed by atoms with Gasteiger partial charge in [-0.2, -0.15) is 0 Å². The number of hydrogen-bond donors (Lipinski definition) is 1. The van der Waals surface area contributed by atoms with Crippen LogP contribution in [0.3, 0.4) is 0 Å². The van der Waals surface area contributed by atoms with Crippen molar-refractivity contribution in [1.29, 1.82) is 0 Å². The monoisotopic (exact) mass is 569 g/mol. The van der Waals surface area contributed by atoms with E-state index in [1.54, 1.807) is 48.5 Å². The third-order valence-corrected chi connectivity index (χ3v) is 8.51. The lowest BCUT2D eigenvalue weighted by molar-refractivity contribution is -0.140. The molecule has 1 atom stereocenters. The maximum Gasteiger partial charge on any atom is 0.264 e. The van der Waals surface area contributed by atoms with E-state index in [0.29, 0.717) is 29.1 Å². The Morgan fingerprint density at radius 1 is 0.872 bits per heavy atom. The predicted octanol–water partition coefficient (Wildman–Crippen LogP) is 5.43. The van der Waals surface area contributed by atoms with Gasteiger partial charge in [0.15, 0.2) is 0 Å². The Labute approximate surface area is 236 Å². The second-order valence-corrected chi connectivity index (χ2v) is 11.8. The summed E-state index contributed by atoms with van der Waals surface area (Å²) in [5.41, 5.74) is 1.87. The van der Waals surface area contributed by atoms with Gasteiger partial charge in [-0.3, -0.25) is 13.9 Å². The number of halogens is 1. The summed E-state index contributed by atoms with van der Waals surface area (Å²) in [4.78, 5) is 28.8. The van der Waals surface area contributed by atoms with Crippen LogP contribution in [0.15, 0.2) is 83.8 Å². The third kappa shape index (κ3) is 7.40. The zero-order chi connectivity index (χ0) is 28.6. The van der Waals surface area contributed by atoms with Gasteiger partial charge >= 0.3 is 0 Å². The van der Waals surface area contributed by atoms with Gasteiger partial charge in [0.2, 0.25) is 11.8 Å². The summed E-state index contributed by atoms with van der Waals surface area (Å²) in [6.07, 6.45) is 0.911. The third-order valence-electron chi connectivity index (χ3n) is 6.37. The number of sulfonamides is 1. The molecule has 0 saturated heterocycles. The van der Waals surface area contributed by atoms with E-state index in [1.807, 2.05) is 45.9 Å². The second kappa shape index (κ2) is 13.6. The first-order valence-electron chi connectivity index (χ1n) is 13.1. The molecular formula is C30H36ClN3O4S. The number of nitrogens with zero attached hydrogens (tertiary/aromatic N) is 2. The number of nitrogens with one attached hydrogen (secondary N) is 1. The molecule has 3 aromatic rings. The molecule has 0 bridgehead atoms. The number of amides is 2. The van der Waals surface area contributed by atoms with E-state index in [9.17, 15) is 18.0 Å². The van der Waals surface area contributed by atoms with Crippen molar-refractivity contribution in [2.75, 3.05) is 10.8 Å². The molecule has 0 heterocycles. The van der Waals surface area contributed by atoms with Crippen LogP contribution in [0.1, 0.15) is 45.2 Å². The highest BCUT2D eigenvalue weighted by Crippen LogP contribution is 2.28. The minimum Gasteiger partial charge on any atom is -0.352 e. The average molecular weight is 570 g/mol. The zero-order valence-electron chi connectivity index (χ0n) is 22.8. The molecule has 3 aromatic carbocycles. The van der Waals surface area contributed by atoms with Crippen molar-refractivity contribution in [2.24, 2.45) is 0 Å². The van der Waals surface area contributed by atoms with E-state index < -0.39 is 28.5 Å². The fourth-order valence-electron chi connectivity index (χ4n) is 4.40. The lowest BCUT2D eigenvalue weighted by atomic mass is 10.1. The van der Waals surface area contributed by atoms with Gasteiger partial charge in [-0.15, -0.1) is 0 Å². The van der Waals surface area contributed by atoms with Crippen molar-refractivity contribution < 1.29 is 18.0 Å². The molecule has 7 nitrogen and oxygen atoms in total. The van der Waals surface area contributed by atoms with E-state index in [2.05, 4.69) is 5.32 Å². The minimum atomic E-state index is -4.11. The number of benzene rings is 3. The Bertz CT molecular complexity index is 1380. The van der Waals surface area contributed by atoms with Gasteiger partial charge in [0.1, 0.15) is 12.6 Å². The highest BCUT2D eigenvalue weighted by molar-refractivity contribution is 7.92. The van der Waals surface area contributed by atoms with Crippen molar-refractivity contribution in [3.05, 3.63) is 95.0 Å². The van der Waals surface area contributed by atoms with E-state index in [4.69, 9.17) is 11.6 Å². The summed E-state index contributed by atoms with van der Waals surface area (Å²) in [5, 5.41) is 3.35. The lowest BCUT2D eigenvalue weighted by Gasteiger charge is -2.34.